The number of amides is 1. The standard InChI is InChI=1S/C16H14Cl2N4O2S/c1-9(14(19)23)25-16-21-20-15(12-5-4-10(17)7-13(12)18)22(16)8-11-3-2-6-24-11/h2-7,9H,8H2,1H3,(H2,19,23)/t9-/m1/s1. The molecule has 0 radical (unpaired) electrons. The molecule has 130 valence electrons. The summed E-state index contributed by atoms with van der Waals surface area (Å²) >= 11 is 13.5. The number of nitrogens with zero attached hydrogens (tertiary/aromatic N) is 3. The Morgan fingerprint density at radius 1 is 1.36 bits per heavy atom. The number of nitrogens with two attached hydrogens (primary N) is 1. The fourth-order valence-electron chi connectivity index (χ4n) is 2.16. The van der Waals surface area contributed by atoms with Gasteiger partial charge >= 0.3 is 0 Å². The molecule has 3 rings (SSSR count). The van der Waals surface area contributed by atoms with E-state index in [-0.39, 0.29) is 0 Å². The van der Waals surface area contributed by atoms with E-state index in [1.165, 1.54) is 11.8 Å². The molecule has 2 heterocycles. The summed E-state index contributed by atoms with van der Waals surface area (Å²) in [6.45, 7) is 2.11. The van der Waals surface area contributed by atoms with Gasteiger partial charge in [0.05, 0.1) is 23.1 Å². The van der Waals surface area contributed by atoms with Gasteiger partial charge in [-0.2, -0.15) is 0 Å². The van der Waals surface area contributed by atoms with Crippen molar-refractivity contribution in [3.63, 3.8) is 0 Å². The number of carbonyl (C=O) groups is 1. The summed E-state index contributed by atoms with van der Waals surface area (Å²) in [4.78, 5) is 11.4. The molecule has 0 aliphatic heterocycles. The molecule has 1 aromatic carbocycles. The first-order chi connectivity index (χ1) is 12.0. The summed E-state index contributed by atoms with van der Waals surface area (Å²) in [5.74, 6) is 0.848. The lowest BCUT2D eigenvalue weighted by atomic mass is 10.2. The summed E-state index contributed by atoms with van der Waals surface area (Å²) < 4.78 is 7.25. The second-order valence-corrected chi connectivity index (χ2v) is 7.41. The number of thioether (sulfide) groups is 1. The molecule has 3 aromatic rings. The van der Waals surface area contributed by atoms with E-state index in [2.05, 4.69) is 10.2 Å². The van der Waals surface area contributed by atoms with Crippen molar-refractivity contribution in [2.75, 3.05) is 0 Å². The first-order valence-electron chi connectivity index (χ1n) is 7.32. The van der Waals surface area contributed by atoms with Gasteiger partial charge in [0.2, 0.25) is 5.91 Å². The molecule has 9 heteroatoms. The molecule has 0 saturated heterocycles. The van der Waals surface area contributed by atoms with Crippen molar-refractivity contribution in [3.8, 4) is 11.4 Å². The number of carbonyl (C=O) groups excluding carboxylic acids is 1. The Balaban J connectivity index is 2.05. The normalized spacial score (nSPS) is 12.3. The minimum Gasteiger partial charge on any atom is -0.467 e. The van der Waals surface area contributed by atoms with Crippen LogP contribution in [0.2, 0.25) is 10.0 Å². The van der Waals surface area contributed by atoms with Gasteiger partial charge in [-0.25, -0.2) is 0 Å². The molecule has 0 saturated carbocycles. The zero-order valence-corrected chi connectivity index (χ0v) is 15.5. The summed E-state index contributed by atoms with van der Waals surface area (Å²) in [6, 6.07) is 8.79. The van der Waals surface area contributed by atoms with Crippen LogP contribution in [0.5, 0.6) is 0 Å². The van der Waals surface area contributed by atoms with Crippen molar-refractivity contribution < 1.29 is 9.21 Å². The van der Waals surface area contributed by atoms with Gasteiger partial charge in [0.1, 0.15) is 5.76 Å². The quantitative estimate of drug-likeness (QED) is 0.639. The molecular weight excluding hydrogens is 383 g/mol. The fraction of sp³-hybridized carbons (Fsp3) is 0.188. The molecule has 2 aromatic heterocycles. The maximum absolute atomic E-state index is 11.4. The van der Waals surface area contributed by atoms with Gasteiger partial charge < -0.3 is 10.2 Å². The molecule has 0 unspecified atom stereocenters. The van der Waals surface area contributed by atoms with Gasteiger partial charge in [0.15, 0.2) is 11.0 Å². The van der Waals surface area contributed by atoms with Gasteiger partial charge in [0, 0.05) is 10.6 Å². The predicted octanol–water partition coefficient (Wildman–Crippen LogP) is 3.86. The van der Waals surface area contributed by atoms with E-state index in [1.807, 2.05) is 10.6 Å². The van der Waals surface area contributed by atoms with E-state index in [4.69, 9.17) is 33.4 Å². The largest absolute Gasteiger partial charge is 0.467 e. The minimum atomic E-state index is -0.451. The van der Waals surface area contributed by atoms with Crippen LogP contribution >= 0.6 is 35.0 Å². The Hall–Kier alpha value is -1.96. The molecule has 1 amide bonds. The van der Waals surface area contributed by atoms with Crippen LogP contribution in [-0.4, -0.2) is 25.9 Å². The first-order valence-corrected chi connectivity index (χ1v) is 8.96. The molecule has 0 aliphatic rings. The van der Waals surface area contributed by atoms with Crippen molar-refractivity contribution in [1.82, 2.24) is 14.8 Å². The number of hydrogen-bond acceptors (Lipinski definition) is 5. The molecule has 0 bridgehead atoms. The second kappa shape index (κ2) is 7.51. The zero-order valence-electron chi connectivity index (χ0n) is 13.1. The Morgan fingerprint density at radius 3 is 2.80 bits per heavy atom. The number of aromatic nitrogens is 3. The number of primary amides is 1. The maximum atomic E-state index is 11.4. The highest BCUT2D eigenvalue weighted by molar-refractivity contribution is 8.00. The van der Waals surface area contributed by atoms with E-state index >= 15 is 0 Å². The number of furan rings is 1. The molecule has 0 fully saturated rings. The average Bonchev–Trinajstić information content (AvgIpc) is 3.19. The van der Waals surface area contributed by atoms with Crippen molar-refractivity contribution in [2.45, 2.75) is 23.9 Å². The van der Waals surface area contributed by atoms with Crippen LogP contribution in [-0.2, 0) is 11.3 Å². The predicted molar refractivity (Wildman–Crippen MR) is 97.8 cm³/mol. The highest BCUT2D eigenvalue weighted by Crippen LogP contribution is 2.32. The van der Waals surface area contributed by atoms with Gasteiger partial charge in [-0.1, -0.05) is 35.0 Å². The summed E-state index contributed by atoms with van der Waals surface area (Å²) in [7, 11) is 0. The molecule has 1 atom stereocenters. The van der Waals surface area contributed by atoms with Crippen LogP contribution in [0.3, 0.4) is 0 Å². The second-order valence-electron chi connectivity index (χ2n) is 5.26. The van der Waals surface area contributed by atoms with Gasteiger partial charge in [-0.15, -0.1) is 10.2 Å². The highest BCUT2D eigenvalue weighted by atomic mass is 35.5. The van der Waals surface area contributed by atoms with E-state index < -0.39 is 11.2 Å². The Bertz CT molecular complexity index is 896. The lowest BCUT2D eigenvalue weighted by Gasteiger charge is -2.11. The SMILES string of the molecule is C[C@@H](Sc1nnc(-c2ccc(Cl)cc2Cl)n1Cc1ccco1)C(N)=O. The van der Waals surface area contributed by atoms with E-state index in [0.29, 0.717) is 33.1 Å². The van der Waals surface area contributed by atoms with Gasteiger partial charge in [-0.05, 0) is 37.3 Å². The molecule has 25 heavy (non-hydrogen) atoms. The summed E-state index contributed by atoms with van der Waals surface area (Å²) in [6.07, 6.45) is 1.59. The molecule has 6 nitrogen and oxygen atoms in total. The third kappa shape index (κ3) is 4.00. The average molecular weight is 397 g/mol. The first kappa shape index (κ1) is 17.8. The molecule has 0 spiro atoms. The number of rotatable bonds is 6. The minimum absolute atomic E-state index is 0.391. The van der Waals surface area contributed by atoms with Crippen LogP contribution < -0.4 is 5.73 Å². The Kier molecular flexibility index (Phi) is 5.36. The number of hydrogen-bond donors (Lipinski definition) is 1. The van der Waals surface area contributed by atoms with Crippen LogP contribution in [0.1, 0.15) is 12.7 Å². The van der Waals surface area contributed by atoms with Crippen molar-refractivity contribution in [3.05, 3.63) is 52.4 Å². The summed E-state index contributed by atoms with van der Waals surface area (Å²) in [5, 5.41) is 9.52. The highest BCUT2D eigenvalue weighted by Gasteiger charge is 2.21. The Labute approximate surface area is 158 Å². The van der Waals surface area contributed by atoms with Crippen LogP contribution in [0.15, 0.2) is 46.2 Å². The number of halogens is 2. The summed E-state index contributed by atoms with van der Waals surface area (Å²) in [5.41, 5.74) is 6.04. The fourth-order valence-corrected chi connectivity index (χ4v) is 3.45. The van der Waals surface area contributed by atoms with E-state index in [9.17, 15) is 4.79 Å². The van der Waals surface area contributed by atoms with Crippen LogP contribution in [0, 0.1) is 0 Å². The van der Waals surface area contributed by atoms with Crippen LogP contribution in [0.25, 0.3) is 11.4 Å². The zero-order chi connectivity index (χ0) is 18.0. The van der Waals surface area contributed by atoms with Crippen molar-refractivity contribution in [1.29, 1.82) is 0 Å². The topological polar surface area (TPSA) is 86.9 Å². The molecule has 0 aliphatic carbocycles. The van der Waals surface area contributed by atoms with Crippen LogP contribution in [0.4, 0.5) is 0 Å². The Morgan fingerprint density at radius 2 is 2.16 bits per heavy atom. The maximum Gasteiger partial charge on any atom is 0.230 e. The lowest BCUT2D eigenvalue weighted by molar-refractivity contribution is -0.117. The monoisotopic (exact) mass is 396 g/mol. The van der Waals surface area contributed by atoms with Crippen molar-refractivity contribution in [2.24, 2.45) is 5.73 Å². The van der Waals surface area contributed by atoms with Gasteiger partial charge in [0.25, 0.3) is 0 Å². The van der Waals surface area contributed by atoms with E-state index in [0.717, 1.165) is 5.76 Å². The lowest BCUT2D eigenvalue weighted by Crippen LogP contribution is -2.23. The third-order valence-corrected chi connectivity index (χ3v) is 5.11. The van der Waals surface area contributed by atoms with Crippen molar-refractivity contribution >= 4 is 40.9 Å². The van der Waals surface area contributed by atoms with Gasteiger partial charge in [-0.3, -0.25) is 9.36 Å². The molecular formula is C16H14Cl2N4O2S. The number of benzene rings is 1. The van der Waals surface area contributed by atoms with E-state index in [1.54, 1.807) is 37.5 Å². The molecule has 2 N–H and O–H groups in total. The smallest absolute Gasteiger partial charge is 0.230 e. The third-order valence-electron chi connectivity index (χ3n) is 3.47.